The van der Waals surface area contributed by atoms with Crippen LogP contribution in [0.25, 0.3) is 0 Å². The molecule has 0 aliphatic heterocycles. The second kappa shape index (κ2) is 6.33. The van der Waals surface area contributed by atoms with E-state index in [0.717, 1.165) is 0 Å². The van der Waals surface area contributed by atoms with Gasteiger partial charge in [-0.05, 0) is 51.8 Å². The number of anilines is 1. The summed E-state index contributed by atoms with van der Waals surface area (Å²) in [6.45, 7) is 0. The van der Waals surface area contributed by atoms with Crippen LogP contribution in [0, 0.1) is 11.6 Å². The topological polar surface area (TPSA) is 29.1 Å². The molecule has 0 spiro atoms. The molecule has 1 N–H and O–H groups in total. The van der Waals surface area contributed by atoms with Gasteiger partial charge in [-0.3, -0.25) is 4.79 Å². The van der Waals surface area contributed by atoms with Crippen LogP contribution in [-0.2, 0) is 11.2 Å². The van der Waals surface area contributed by atoms with Gasteiger partial charge in [0.05, 0.1) is 15.9 Å². The van der Waals surface area contributed by atoms with Crippen LogP contribution in [0.5, 0.6) is 0 Å². The van der Waals surface area contributed by atoms with Gasteiger partial charge in [0, 0.05) is 5.69 Å². The third-order valence-electron chi connectivity index (χ3n) is 2.55. The molecule has 2 aromatic carbocycles. The molecule has 0 unspecified atom stereocenters. The molecular weight excluding hydrogens is 352 g/mol. The van der Waals surface area contributed by atoms with E-state index in [-0.39, 0.29) is 23.2 Å². The summed E-state index contributed by atoms with van der Waals surface area (Å²) in [4.78, 5) is 11.8. The fraction of sp³-hybridized carbons (Fsp3) is 0.0714. The Kier molecular flexibility index (Phi) is 4.73. The normalized spacial score (nSPS) is 10.4. The van der Waals surface area contributed by atoms with E-state index in [1.807, 2.05) is 0 Å². The molecule has 1 amide bonds. The summed E-state index contributed by atoms with van der Waals surface area (Å²) in [5, 5.41) is 2.53. The Bertz CT molecular complexity index is 608. The van der Waals surface area contributed by atoms with Crippen LogP contribution >= 0.6 is 27.5 Å². The molecule has 2 nitrogen and oxygen atoms in total. The van der Waals surface area contributed by atoms with Gasteiger partial charge in [0.1, 0.15) is 11.6 Å². The standard InChI is InChI=1S/C14H9BrClF2NO/c15-10-5-8(1-3-12(10)17)6-14(20)19-9-2-4-13(18)11(16)7-9/h1-5,7H,6H2,(H,19,20). The lowest BCUT2D eigenvalue weighted by atomic mass is 10.1. The number of carbonyl (C=O) groups excluding carboxylic acids is 1. The van der Waals surface area contributed by atoms with Crippen molar-refractivity contribution in [1.29, 1.82) is 0 Å². The fourth-order valence-electron chi connectivity index (χ4n) is 1.61. The Morgan fingerprint density at radius 2 is 1.85 bits per heavy atom. The van der Waals surface area contributed by atoms with E-state index in [9.17, 15) is 13.6 Å². The smallest absolute Gasteiger partial charge is 0.228 e. The number of hydrogen-bond donors (Lipinski definition) is 1. The quantitative estimate of drug-likeness (QED) is 0.854. The zero-order valence-corrected chi connectivity index (χ0v) is 12.4. The highest BCUT2D eigenvalue weighted by Gasteiger charge is 2.08. The summed E-state index contributed by atoms with van der Waals surface area (Å²) in [6, 6.07) is 8.26. The van der Waals surface area contributed by atoms with Gasteiger partial charge < -0.3 is 5.32 Å². The molecule has 0 atom stereocenters. The number of halogens is 4. The predicted molar refractivity (Wildman–Crippen MR) is 77.8 cm³/mol. The molecule has 0 saturated heterocycles. The van der Waals surface area contributed by atoms with Crippen molar-refractivity contribution in [2.24, 2.45) is 0 Å². The van der Waals surface area contributed by atoms with Crippen molar-refractivity contribution in [3.05, 3.63) is 63.1 Å². The first-order chi connectivity index (χ1) is 9.45. The molecule has 0 aromatic heterocycles. The van der Waals surface area contributed by atoms with Gasteiger partial charge in [-0.2, -0.15) is 0 Å². The van der Waals surface area contributed by atoms with E-state index >= 15 is 0 Å². The zero-order valence-electron chi connectivity index (χ0n) is 10.1. The van der Waals surface area contributed by atoms with Gasteiger partial charge in [-0.25, -0.2) is 8.78 Å². The number of amides is 1. The first-order valence-corrected chi connectivity index (χ1v) is 6.81. The van der Waals surface area contributed by atoms with Crippen LogP contribution < -0.4 is 5.32 Å². The number of carbonyl (C=O) groups is 1. The lowest BCUT2D eigenvalue weighted by Gasteiger charge is -2.06. The average molecular weight is 361 g/mol. The minimum absolute atomic E-state index is 0.0627. The lowest BCUT2D eigenvalue weighted by molar-refractivity contribution is -0.115. The van der Waals surface area contributed by atoms with Crippen molar-refractivity contribution in [3.8, 4) is 0 Å². The van der Waals surface area contributed by atoms with E-state index in [4.69, 9.17) is 11.6 Å². The number of hydrogen-bond acceptors (Lipinski definition) is 1. The third kappa shape index (κ3) is 3.77. The van der Waals surface area contributed by atoms with Crippen molar-refractivity contribution < 1.29 is 13.6 Å². The van der Waals surface area contributed by atoms with Crippen LogP contribution in [-0.4, -0.2) is 5.91 Å². The van der Waals surface area contributed by atoms with Gasteiger partial charge >= 0.3 is 0 Å². The van der Waals surface area contributed by atoms with Gasteiger partial charge in [0.25, 0.3) is 0 Å². The van der Waals surface area contributed by atoms with Crippen molar-refractivity contribution in [3.63, 3.8) is 0 Å². The molecule has 0 aliphatic rings. The number of nitrogens with one attached hydrogen (secondary N) is 1. The monoisotopic (exact) mass is 359 g/mol. The summed E-state index contributed by atoms with van der Waals surface area (Å²) in [5.74, 6) is -1.24. The predicted octanol–water partition coefficient (Wildman–Crippen LogP) is 4.56. The molecule has 0 aliphatic carbocycles. The van der Waals surface area contributed by atoms with Crippen molar-refractivity contribution >= 4 is 39.1 Å². The largest absolute Gasteiger partial charge is 0.326 e. The van der Waals surface area contributed by atoms with E-state index in [2.05, 4.69) is 21.2 Å². The SMILES string of the molecule is O=C(Cc1ccc(F)c(Br)c1)Nc1ccc(F)c(Cl)c1. The maximum Gasteiger partial charge on any atom is 0.228 e. The molecule has 0 saturated carbocycles. The van der Waals surface area contributed by atoms with Crippen LogP contribution in [0.2, 0.25) is 5.02 Å². The number of benzene rings is 2. The first-order valence-electron chi connectivity index (χ1n) is 5.64. The van der Waals surface area contributed by atoms with Gasteiger partial charge in [0.15, 0.2) is 0 Å². The second-order valence-corrected chi connectivity index (χ2v) is 5.36. The Balaban J connectivity index is 2.04. The summed E-state index contributed by atoms with van der Waals surface area (Å²) < 4.78 is 26.3. The summed E-state index contributed by atoms with van der Waals surface area (Å²) >= 11 is 8.68. The first kappa shape index (κ1) is 14.9. The Hall–Kier alpha value is -1.46. The van der Waals surface area contributed by atoms with E-state index in [0.29, 0.717) is 15.7 Å². The molecule has 0 heterocycles. The van der Waals surface area contributed by atoms with Gasteiger partial charge in [0.2, 0.25) is 5.91 Å². The average Bonchev–Trinajstić information content (AvgIpc) is 2.38. The fourth-order valence-corrected chi connectivity index (χ4v) is 2.22. The summed E-state index contributed by atoms with van der Waals surface area (Å²) in [7, 11) is 0. The van der Waals surface area contributed by atoms with Crippen LogP contribution in [0.1, 0.15) is 5.56 Å². The van der Waals surface area contributed by atoms with E-state index < -0.39 is 5.82 Å². The van der Waals surface area contributed by atoms with Crippen LogP contribution in [0.15, 0.2) is 40.9 Å². The van der Waals surface area contributed by atoms with Gasteiger partial charge in [-0.15, -0.1) is 0 Å². The molecule has 20 heavy (non-hydrogen) atoms. The minimum atomic E-state index is -0.549. The molecule has 0 radical (unpaired) electrons. The van der Waals surface area contributed by atoms with E-state index in [1.54, 1.807) is 0 Å². The molecule has 0 fully saturated rings. The highest BCUT2D eigenvalue weighted by Crippen LogP contribution is 2.20. The van der Waals surface area contributed by atoms with Crippen molar-refractivity contribution in [2.75, 3.05) is 5.32 Å². The minimum Gasteiger partial charge on any atom is -0.326 e. The second-order valence-electron chi connectivity index (χ2n) is 4.10. The molecule has 6 heteroatoms. The molecule has 0 bridgehead atoms. The van der Waals surface area contributed by atoms with Crippen molar-refractivity contribution in [1.82, 2.24) is 0 Å². The summed E-state index contributed by atoms with van der Waals surface area (Å²) in [5.41, 5.74) is 1.06. The van der Waals surface area contributed by atoms with Crippen molar-refractivity contribution in [2.45, 2.75) is 6.42 Å². The van der Waals surface area contributed by atoms with Crippen LogP contribution in [0.4, 0.5) is 14.5 Å². The molecule has 104 valence electrons. The molecule has 2 rings (SSSR count). The Morgan fingerprint density at radius 3 is 2.50 bits per heavy atom. The maximum atomic E-state index is 13.1. The highest BCUT2D eigenvalue weighted by molar-refractivity contribution is 9.10. The molecular formula is C14H9BrClF2NO. The Morgan fingerprint density at radius 1 is 1.15 bits per heavy atom. The highest BCUT2D eigenvalue weighted by atomic mass is 79.9. The lowest BCUT2D eigenvalue weighted by Crippen LogP contribution is -2.14. The Labute approximate surface area is 127 Å². The van der Waals surface area contributed by atoms with Gasteiger partial charge in [-0.1, -0.05) is 17.7 Å². The third-order valence-corrected chi connectivity index (χ3v) is 3.45. The summed E-state index contributed by atoms with van der Waals surface area (Å²) in [6.07, 6.45) is 0.0773. The molecule has 2 aromatic rings. The van der Waals surface area contributed by atoms with Crippen LogP contribution in [0.3, 0.4) is 0 Å². The zero-order chi connectivity index (χ0) is 14.7. The maximum absolute atomic E-state index is 13.1. The number of rotatable bonds is 3. The van der Waals surface area contributed by atoms with E-state index in [1.165, 1.54) is 36.4 Å².